The Balaban J connectivity index is 2.34. The van der Waals surface area contributed by atoms with Crippen molar-refractivity contribution >= 4 is 23.3 Å². The van der Waals surface area contributed by atoms with Crippen LogP contribution in [-0.4, -0.2) is 29.1 Å². The third kappa shape index (κ3) is 4.71. The molecule has 0 fully saturated rings. The molecule has 0 radical (unpaired) electrons. The van der Waals surface area contributed by atoms with E-state index in [0.717, 1.165) is 6.42 Å². The molecule has 0 aliphatic rings. The number of amides is 1. The van der Waals surface area contributed by atoms with Crippen molar-refractivity contribution in [3.05, 3.63) is 17.5 Å². The molecule has 5 nitrogen and oxygen atoms in total. The number of carbonyl (C=O) groups excluding carboxylic acids is 1. The van der Waals surface area contributed by atoms with Crippen LogP contribution in [-0.2, 0) is 9.53 Å². The Labute approximate surface area is 92.8 Å². The lowest BCUT2D eigenvalue weighted by Crippen LogP contribution is -2.19. The fraction of sp³-hybridized carbons (Fsp3) is 0.444. The second kappa shape index (κ2) is 6.31. The predicted molar refractivity (Wildman–Crippen MR) is 56.8 cm³/mol. The summed E-state index contributed by atoms with van der Waals surface area (Å²) in [6, 6.07) is 0. The Hall–Kier alpha value is -1.20. The van der Waals surface area contributed by atoms with Crippen molar-refractivity contribution < 1.29 is 9.53 Å². The van der Waals surface area contributed by atoms with Gasteiger partial charge in [0.15, 0.2) is 5.82 Å². The minimum absolute atomic E-state index is 0.0259. The van der Waals surface area contributed by atoms with Crippen LogP contribution in [0.3, 0.4) is 0 Å². The molecule has 0 atom stereocenters. The number of rotatable bonds is 5. The molecule has 1 amide bonds. The van der Waals surface area contributed by atoms with Crippen molar-refractivity contribution in [2.75, 3.05) is 18.5 Å². The third-order valence-electron chi connectivity index (χ3n) is 1.47. The van der Waals surface area contributed by atoms with Crippen molar-refractivity contribution in [3.63, 3.8) is 0 Å². The summed E-state index contributed by atoms with van der Waals surface area (Å²) in [6.07, 6.45) is 3.64. The highest BCUT2D eigenvalue weighted by atomic mass is 35.5. The molecule has 0 saturated carbocycles. The summed E-state index contributed by atoms with van der Waals surface area (Å²) in [5.41, 5.74) is 0. The highest BCUT2D eigenvalue weighted by molar-refractivity contribution is 6.29. The number of hydrogen-bond acceptors (Lipinski definition) is 4. The maximum absolute atomic E-state index is 11.2. The molecule has 1 heterocycles. The average Bonchev–Trinajstić information content (AvgIpc) is 2.22. The average molecular weight is 230 g/mol. The molecule has 82 valence electrons. The predicted octanol–water partition coefficient (Wildman–Crippen LogP) is 1.50. The van der Waals surface area contributed by atoms with Gasteiger partial charge in [0, 0.05) is 6.61 Å². The largest absolute Gasteiger partial charge is 0.372 e. The fourth-order valence-corrected chi connectivity index (χ4v) is 0.963. The summed E-state index contributed by atoms with van der Waals surface area (Å²) in [5.74, 6) is 0.115. The number of anilines is 1. The lowest BCUT2D eigenvalue weighted by molar-refractivity contribution is -0.120. The fourth-order valence-electron chi connectivity index (χ4n) is 0.865. The number of halogens is 1. The van der Waals surface area contributed by atoms with Gasteiger partial charge in [0.2, 0.25) is 0 Å². The summed E-state index contributed by atoms with van der Waals surface area (Å²) >= 11 is 5.54. The van der Waals surface area contributed by atoms with Gasteiger partial charge in [-0.1, -0.05) is 18.5 Å². The molecule has 0 aromatic carbocycles. The van der Waals surface area contributed by atoms with Crippen molar-refractivity contribution in [2.24, 2.45) is 0 Å². The summed E-state index contributed by atoms with van der Waals surface area (Å²) in [7, 11) is 0. The van der Waals surface area contributed by atoms with E-state index in [-0.39, 0.29) is 17.7 Å². The van der Waals surface area contributed by atoms with Crippen molar-refractivity contribution in [1.82, 2.24) is 9.97 Å². The van der Waals surface area contributed by atoms with Crippen LogP contribution < -0.4 is 5.32 Å². The summed E-state index contributed by atoms with van der Waals surface area (Å²) in [5, 5.41) is 2.82. The van der Waals surface area contributed by atoms with Gasteiger partial charge in [0.25, 0.3) is 5.91 Å². The maximum atomic E-state index is 11.2. The standard InChI is InChI=1S/C9H12ClN3O2/c1-2-3-15-6-9(14)13-8-5-11-7(10)4-12-8/h4-5H,2-3,6H2,1H3,(H,12,13,14). The summed E-state index contributed by atoms with van der Waals surface area (Å²) in [6.45, 7) is 2.57. The number of ether oxygens (including phenoxy) is 1. The first-order valence-corrected chi connectivity index (χ1v) is 4.95. The number of carbonyl (C=O) groups is 1. The first kappa shape index (κ1) is 11.9. The number of nitrogens with zero attached hydrogens (tertiary/aromatic N) is 2. The molecule has 0 spiro atoms. The zero-order valence-electron chi connectivity index (χ0n) is 8.36. The molecule has 0 unspecified atom stereocenters. The lowest BCUT2D eigenvalue weighted by Gasteiger charge is -2.03. The second-order valence-electron chi connectivity index (χ2n) is 2.83. The van der Waals surface area contributed by atoms with Crippen LogP contribution in [0.5, 0.6) is 0 Å². The van der Waals surface area contributed by atoms with E-state index in [0.29, 0.717) is 12.4 Å². The topological polar surface area (TPSA) is 64.1 Å². The molecule has 1 aromatic rings. The minimum atomic E-state index is -0.250. The molecule has 0 bridgehead atoms. The van der Waals surface area contributed by atoms with Gasteiger partial charge in [-0.05, 0) is 6.42 Å². The first-order valence-electron chi connectivity index (χ1n) is 4.57. The van der Waals surface area contributed by atoms with E-state index < -0.39 is 0 Å². The SMILES string of the molecule is CCCOCC(=O)Nc1cnc(Cl)cn1. The summed E-state index contributed by atoms with van der Waals surface area (Å²) < 4.78 is 5.05. The Kier molecular flexibility index (Phi) is 5.00. The van der Waals surface area contributed by atoms with Crippen molar-refractivity contribution in [3.8, 4) is 0 Å². The molecule has 1 N–H and O–H groups in total. The first-order chi connectivity index (χ1) is 7.22. The number of hydrogen-bond donors (Lipinski definition) is 1. The molecule has 6 heteroatoms. The van der Waals surface area contributed by atoms with Gasteiger partial charge in [-0.3, -0.25) is 4.79 Å². The number of nitrogens with one attached hydrogen (secondary N) is 1. The lowest BCUT2D eigenvalue weighted by atomic mass is 10.5. The van der Waals surface area contributed by atoms with Gasteiger partial charge in [0.05, 0.1) is 12.4 Å². The van der Waals surface area contributed by atoms with E-state index in [9.17, 15) is 4.79 Å². The van der Waals surface area contributed by atoms with Gasteiger partial charge in [-0.15, -0.1) is 0 Å². The van der Waals surface area contributed by atoms with E-state index in [1.807, 2.05) is 6.92 Å². The summed E-state index contributed by atoms with van der Waals surface area (Å²) in [4.78, 5) is 18.9. The Morgan fingerprint density at radius 1 is 1.53 bits per heavy atom. The molecular weight excluding hydrogens is 218 g/mol. The molecular formula is C9H12ClN3O2. The van der Waals surface area contributed by atoms with E-state index in [1.54, 1.807) is 0 Å². The molecule has 1 rings (SSSR count). The van der Waals surface area contributed by atoms with Crippen LogP contribution in [0.1, 0.15) is 13.3 Å². The highest BCUT2D eigenvalue weighted by Gasteiger charge is 2.03. The van der Waals surface area contributed by atoms with Gasteiger partial charge in [-0.2, -0.15) is 0 Å². The van der Waals surface area contributed by atoms with Crippen LogP contribution in [0.25, 0.3) is 0 Å². The zero-order chi connectivity index (χ0) is 11.1. The van der Waals surface area contributed by atoms with E-state index in [1.165, 1.54) is 12.4 Å². The Bertz CT molecular complexity index is 316. The third-order valence-corrected chi connectivity index (χ3v) is 1.66. The Morgan fingerprint density at radius 2 is 2.33 bits per heavy atom. The van der Waals surface area contributed by atoms with Crippen LogP contribution in [0.15, 0.2) is 12.4 Å². The second-order valence-corrected chi connectivity index (χ2v) is 3.21. The number of aromatic nitrogens is 2. The smallest absolute Gasteiger partial charge is 0.251 e. The van der Waals surface area contributed by atoms with E-state index in [2.05, 4.69) is 15.3 Å². The molecule has 0 aliphatic heterocycles. The van der Waals surface area contributed by atoms with Gasteiger partial charge < -0.3 is 10.1 Å². The molecule has 0 saturated heterocycles. The zero-order valence-corrected chi connectivity index (χ0v) is 9.12. The quantitative estimate of drug-likeness (QED) is 0.777. The van der Waals surface area contributed by atoms with Gasteiger partial charge >= 0.3 is 0 Å². The van der Waals surface area contributed by atoms with Crippen molar-refractivity contribution in [2.45, 2.75) is 13.3 Å². The minimum Gasteiger partial charge on any atom is -0.372 e. The van der Waals surface area contributed by atoms with Gasteiger partial charge in [-0.25, -0.2) is 9.97 Å². The normalized spacial score (nSPS) is 10.0. The van der Waals surface area contributed by atoms with Gasteiger partial charge in [0.1, 0.15) is 11.8 Å². The highest BCUT2D eigenvalue weighted by Crippen LogP contribution is 2.04. The molecule has 15 heavy (non-hydrogen) atoms. The van der Waals surface area contributed by atoms with Crippen LogP contribution in [0, 0.1) is 0 Å². The molecule has 1 aromatic heterocycles. The maximum Gasteiger partial charge on any atom is 0.251 e. The van der Waals surface area contributed by atoms with Crippen molar-refractivity contribution in [1.29, 1.82) is 0 Å². The van der Waals surface area contributed by atoms with E-state index in [4.69, 9.17) is 16.3 Å². The van der Waals surface area contributed by atoms with E-state index >= 15 is 0 Å². The monoisotopic (exact) mass is 229 g/mol. The van der Waals surface area contributed by atoms with Crippen LogP contribution in [0.2, 0.25) is 5.15 Å². The van der Waals surface area contributed by atoms with Crippen LogP contribution in [0.4, 0.5) is 5.82 Å². The Morgan fingerprint density at radius 3 is 2.93 bits per heavy atom. The van der Waals surface area contributed by atoms with Crippen LogP contribution >= 0.6 is 11.6 Å². The molecule has 0 aliphatic carbocycles.